The van der Waals surface area contributed by atoms with Crippen molar-refractivity contribution < 1.29 is 0 Å². The molecule has 0 unspecified atom stereocenters. The maximum atomic E-state index is 2.44. The van der Waals surface area contributed by atoms with Crippen molar-refractivity contribution in [3.63, 3.8) is 0 Å². The second-order valence-corrected chi connectivity index (χ2v) is 18.2. The standard InChI is InChI=1S/2C29H18S.10C2H6/c1-2-8-22-21(7-1)23-9-3-5-11-25(23)29(26-12-6-4-10-24(22)26)17-15-19-13-14-20-16-18-30-28(20)27(19)29;1-2-8-21-20(7-1)22-9-3-5-11-25(22)29(26-12-6-4-10-23(21)26)17-15-19-13-14-27-24(28(19)29)16-18-30-27;10*1-2/h2*1-18H;10*1-2H3. The third kappa shape index (κ3) is 12.2. The van der Waals surface area contributed by atoms with Gasteiger partial charge in [0.15, 0.2) is 0 Å². The van der Waals surface area contributed by atoms with E-state index in [1.165, 1.54) is 109 Å². The first-order chi connectivity index (χ1) is 39.8. The minimum atomic E-state index is -0.290. The van der Waals surface area contributed by atoms with Crippen LogP contribution in [0.2, 0.25) is 0 Å². The van der Waals surface area contributed by atoms with E-state index in [0.29, 0.717) is 0 Å². The lowest BCUT2D eigenvalue weighted by molar-refractivity contribution is 0.810. The fourth-order valence-electron chi connectivity index (χ4n) is 11.2. The summed E-state index contributed by atoms with van der Waals surface area (Å²) in [5.74, 6) is 0. The van der Waals surface area contributed by atoms with Gasteiger partial charge in [-0.25, -0.2) is 0 Å². The largest absolute Gasteiger partial charge is 0.144 e. The molecule has 0 saturated heterocycles. The molecule has 0 amide bonds. The minimum Gasteiger partial charge on any atom is -0.144 e. The fraction of sp³-hybridized carbons (Fsp3) is 0.282. The van der Waals surface area contributed by atoms with Gasteiger partial charge in [0.05, 0.1) is 10.8 Å². The Hall–Kier alpha value is -6.84. The Labute approximate surface area is 495 Å². The van der Waals surface area contributed by atoms with E-state index in [-0.39, 0.29) is 10.8 Å². The molecule has 4 aliphatic carbocycles. The van der Waals surface area contributed by atoms with Gasteiger partial charge in [-0.15, -0.1) is 22.7 Å². The summed E-state index contributed by atoms with van der Waals surface area (Å²) in [6, 6.07) is 67.3. The van der Waals surface area contributed by atoms with Crippen molar-refractivity contribution >= 4 is 55.0 Å². The normalized spacial score (nSPS) is 11.8. The number of rotatable bonds is 0. The van der Waals surface area contributed by atoms with Crippen LogP contribution in [0.15, 0.2) is 205 Å². The van der Waals surface area contributed by atoms with Gasteiger partial charge in [0.2, 0.25) is 0 Å². The molecule has 2 spiro atoms. The molecule has 0 atom stereocenters. The van der Waals surface area contributed by atoms with E-state index in [4.69, 9.17) is 0 Å². The summed E-state index contributed by atoms with van der Waals surface area (Å²) in [5, 5.41) is 7.15. The van der Waals surface area contributed by atoms with Crippen LogP contribution in [0.3, 0.4) is 0 Å². The quantitative estimate of drug-likeness (QED) is 0.142. The first kappa shape index (κ1) is 67.4. The summed E-state index contributed by atoms with van der Waals surface area (Å²) < 4.78 is 2.75. The molecule has 2 heteroatoms. The number of hydrogen-bond acceptors (Lipinski definition) is 2. The highest BCUT2D eigenvalue weighted by Crippen LogP contribution is 2.59. The van der Waals surface area contributed by atoms with Gasteiger partial charge in [0.25, 0.3) is 0 Å². The highest BCUT2D eigenvalue weighted by Gasteiger charge is 2.46. The molecule has 0 fully saturated rings. The summed E-state index contributed by atoms with van der Waals surface area (Å²) in [6.45, 7) is 40.0. The lowest BCUT2D eigenvalue weighted by atomic mass is 9.68. The molecule has 8 aromatic carbocycles. The molecule has 0 aliphatic heterocycles. The van der Waals surface area contributed by atoms with Crippen LogP contribution in [-0.4, -0.2) is 0 Å². The third-order valence-corrected chi connectivity index (χ3v) is 15.4. The van der Waals surface area contributed by atoms with E-state index < -0.39 is 0 Å². The van der Waals surface area contributed by atoms with Crippen molar-refractivity contribution in [2.45, 2.75) is 149 Å². The van der Waals surface area contributed by atoms with Crippen LogP contribution < -0.4 is 0 Å². The minimum absolute atomic E-state index is 0.286. The molecule has 80 heavy (non-hydrogen) atoms. The lowest BCUT2D eigenvalue weighted by Crippen LogP contribution is -2.26. The number of allylic oxidation sites excluding steroid dienone is 2. The number of fused-ring (bicyclic) bond motifs is 22. The van der Waals surface area contributed by atoms with Crippen molar-refractivity contribution in [2.24, 2.45) is 0 Å². The van der Waals surface area contributed by atoms with E-state index >= 15 is 0 Å². The van der Waals surface area contributed by atoms with Gasteiger partial charge in [-0.1, -0.05) is 327 Å². The van der Waals surface area contributed by atoms with Crippen molar-refractivity contribution in [3.8, 4) is 44.5 Å². The Balaban J connectivity index is 0.000000321. The fourth-order valence-corrected chi connectivity index (χ4v) is 13.0. The molecule has 14 rings (SSSR count). The summed E-state index contributed by atoms with van der Waals surface area (Å²) in [7, 11) is 0. The zero-order valence-corrected chi connectivity index (χ0v) is 54.2. The van der Waals surface area contributed by atoms with Gasteiger partial charge < -0.3 is 0 Å². The lowest BCUT2D eigenvalue weighted by Gasteiger charge is -2.33. The van der Waals surface area contributed by atoms with E-state index in [9.17, 15) is 0 Å². The Morgan fingerprint density at radius 1 is 0.263 bits per heavy atom. The average Bonchev–Trinajstić information content (AvgIpc) is 4.52. The van der Waals surface area contributed by atoms with Gasteiger partial charge in [-0.05, 0) is 129 Å². The van der Waals surface area contributed by atoms with Gasteiger partial charge in [-0.3, -0.25) is 0 Å². The van der Waals surface area contributed by atoms with Gasteiger partial charge in [0, 0.05) is 9.40 Å². The molecule has 420 valence electrons. The van der Waals surface area contributed by atoms with E-state index in [2.05, 4.69) is 217 Å². The van der Waals surface area contributed by atoms with Crippen molar-refractivity contribution in [1.29, 1.82) is 0 Å². The Kier molecular flexibility index (Phi) is 28.9. The average molecular weight is 1100 g/mol. The summed E-state index contributed by atoms with van der Waals surface area (Å²) in [6.07, 6.45) is 9.55. The van der Waals surface area contributed by atoms with E-state index in [0.717, 1.165) is 0 Å². The number of benzene rings is 8. The molecule has 4 aliphatic rings. The maximum absolute atomic E-state index is 2.44. The van der Waals surface area contributed by atoms with Crippen LogP contribution in [-0.2, 0) is 10.8 Å². The second kappa shape index (κ2) is 34.3. The summed E-state index contributed by atoms with van der Waals surface area (Å²) >= 11 is 3.69. The van der Waals surface area contributed by atoms with Crippen LogP contribution in [0.5, 0.6) is 0 Å². The van der Waals surface area contributed by atoms with E-state index in [1.807, 2.05) is 161 Å². The van der Waals surface area contributed by atoms with Crippen LogP contribution in [0, 0.1) is 0 Å². The maximum Gasteiger partial charge on any atom is 0.0667 e. The predicted octanol–water partition coefficient (Wildman–Crippen LogP) is 26.1. The highest BCUT2D eigenvalue weighted by atomic mass is 32.1. The van der Waals surface area contributed by atoms with Crippen molar-refractivity contribution in [2.75, 3.05) is 0 Å². The van der Waals surface area contributed by atoms with Crippen molar-refractivity contribution in [1.82, 2.24) is 0 Å². The molecule has 0 nitrogen and oxygen atoms in total. The monoisotopic (exact) mass is 1100 g/mol. The Morgan fingerprint density at radius 3 is 0.938 bits per heavy atom. The first-order valence-corrected chi connectivity index (χ1v) is 32.5. The van der Waals surface area contributed by atoms with Crippen LogP contribution in [0.25, 0.3) is 76.8 Å². The van der Waals surface area contributed by atoms with Gasteiger partial charge in [-0.2, -0.15) is 0 Å². The molecular formula is C78H96S2. The predicted molar refractivity (Wildman–Crippen MR) is 370 cm³/mol. The molecule has 0 saturated carbocycles. The van der Waals surface area contributed by atoms with Gasteiger partial charge in [0.1, 0.15) is 0 Å². The van der Waals surface area contributed by atoms with Gasteiger partial charge >= 0.3 is 0 Å². The zero-order chi connectivity index (χ0) is 59.4. The molecule has 0 N–H and O–H groups in total. The Bertz CT molecular complexity index is 3090. The molecule has 0 radical (unpaired) electrons. The summed E-state index contributed by atoms with van der Waals surface area (Å²) in [4.78, 5) is 0. The first-order valence-electron chi connectivity index (χ1n) is 30.7. The van der Waals surface area contributed by atoms with Crippen LogP contribution >= 0.6 is 22.7 Å². The zero-order valence-electron chi connectivity index (χ0n) is 52.6. The highest BCUT2D eigenvalue weighted by molar-refractivity contribution is 7.17. The van der Waals surface area contributed by atoms with Crippen LogP contribution in [0.4, 0.5) is 0 Å². The smallest absolute Gasteiger partial charge is 0.0667 e. The Morgan fingerprint density at radius 2 is 0.562 bits per heavy atom. The van der Waals surface area contributed by atoms with Crippen molar-refractivity contribution in [3.05, 3.63) is 249 Å². The molecular weight excluding hydrogens is 1000 g/mol. The molecule has 2 heterocycles. The third-order valence-electron chi connectivity index (χ3n) is 13.6. The number of thiophene rings is 2. The second-order valence-electron chi connectivity index (χ2n) is 16.3. The molecule has 2 aromatic heterocycles. The molecule has 0 bridgehead atoms. The van der Waals surface area contributed by atoms with Crippen LogP contribution in [0.1, 0.15) is 183 Å². The topological polar surface area (TPSA) is 0 Å². The number of hydrogen-bond donors (Lipinski definition) is 0. The van der Waals surface area contributed by atoms with E-state index in [1.54, 1.807) is 0 Å². The SMILES string of the molecule is C1=CC2(c3ccccc3-c3ccccc3-c3ccccc32)c2c1ccc1ccsc21.C1=CC2(c3ccccc3-c3ccccc3-c3ccccc32)c2c1ccc1sccc21.CC.CC.CC.CC.CC.CC.CC.CC.CC.CC. The summed E-state index contributed by atoms with van der Waals surface area (Å²) in [5.41, 5.74) is 21.0. The molecule has 10 aromatic rings.